The van der Waals surface area contributed by atoms with Gasteiger partial charge in [-0.15, -0.1) is 0 Å². The fourth-order valence-corrected chi connectivity index (χ4v) is 3.42. The highest BCUT2D eigenvalue weighted by Crippen LogP contribution is 2.35. The number of hydrogen-bond donors (Lipinski definition) is 1. The number of fused-ring (bicyclic) bond motifs is 1. The molecule has 1 amide bonds. The number of aromatic nitrogens is 2. The standard InChI is InChI=1S/C19H20N4O4/c24-18(22-6-2-1-3-7-22)13-10-16-17(21-11-13)23(8-9-27-16)14-4-5-15(19(25)26)20-12-14/h4-5,10-12H,1-3,6-9H2,(H,25,26). The summed E-state index contributed by atoms with van der Waals surface area (Å²) < 4.78 is 5.73. The Bertz CT molecular complexity index is 863. The van der Waals surface area contributed by atoms with Crippen LogP contribution in [0.5, 0.6) is 5.75 Å². The molecule has 2 aliphatic rings. The first kappa shape index (κ1) is 17.3. The Morgan fingerprint density at radius 2 is 1.85 bits per heavy atom. The van der Waals surface area contributed by atoms with Gasteiger partial charge in [0.15, 0.2) is 11.6 Å². The molecule has 0 atom stereocenters. The molecule has 2 aromatic rings. The number of amides is 1. The Labute approximate surface area is 156 Å². The van der Waals surface area contributed by atoms with Crippen molar-refractivity contribution in [2.24, 2.45) is 0 Å². The van der Waals surface area contributed by atoms with Crippen LogP contribution >= 0.6 is 0 Å². The number of rotatable bonds is 3. The predicted molar refractivity (Wildman–Crippen MR) is 97.7 cm³/mol. The summed E-state index contributed by atoms with van der Waals surface area (Å²) in [5.74, 6) is 0.0638. The van der Waals surface area contributed by atoms with Gasteiger partial charge in [0, 0.05) is 19.3 Å². The van der Waals surface area contributed by atoms with Crippen molar-refractivity contribution in [1.29, 1.82) is 0 Å². The summed E-state index contributed by atoms with van der Waals surface area (Å²) in [5.41, 5.74) is 1.24. The first-order valence-electron chi connectivity index (χ1n) is 9.02. The van der Waals surface area contributed by atoms with Crippen molar-refractivity contribution in [3.63, 3.8) is 0 Å². The SMILES string of the molecule is O=C(O)c1ccc(N2CCOc3cc(C(=O)N4CCCCC4)cnc32)cn1. The summed E-state index contributed by atoms with van der Waals surface area (Å²) >= 11 is 0. The Morgan fingerprint density at radius 1 is 1.04 bits per heavy atom. The molecule has 2 aromatic heterocycles. The number of carboxylic acid groups (broad SMARTS) is 1. The predicted octanol–water partition coefficient (Wildman–Crippen LogP) is 2.33. The number of anilines is 2. The number of ether oxygens (including phenoxy) is 1. The largest absolute Gasteiger partial charge is 0.488 e. The van der Waals surface area contributed by atoms with Gasteiger partial charge < -0.3 is 19.6 Å². The van der Waals surface area contributed by atoms with Crippen molar-refractivity contribution in [2.45, 2.75) is 19.3 Å². The zero-order chi connectivity index (χ0) is 18.8. The number of pyridine rings is 2. The van der Waals surface area contributed by atoms with Crippen LogP contribution in [0.4, 0.5) is 11.5 Å². The van der Waals surface area contributed by atoms with Gasteiger partial charge in [-0.25, -0.2) is 14.8 Å². The maximum atomic E-state index is 12.7. The van der Waals surface area contributed by atoms with E-state index < -0.39 is 5.97 Å². The number of aromatic carboxylic acids is 1. The van der Waals surface area contributed by atoms with Crippen molar-refractivity contribution in [1.82, 2.24) is 14.9 Å². The second kappa shape index (κ2) is 7.22. The molecule has 8 nitrogen and oxygen atoms in total. The summed E-state index contributed by atoms with van der Waals surface area (Å²) in [6, 6.07) is 4.89. The Morgan fingerprint density at radius 3 is 2.56 bits per heavy atom. The minimum absolute atomic E-state index is 0.0114. The molecule has 2 aliphatic heterocycles. The van der Waals surface area contributed by atoms with Gasteiger partial charge >= 0.3 is 5.97 Å². The molecule has 1 saturated heterocycles. The van der Waals surface area contributed by atoms with Crippen LogP contribution in [0.2, 0.25) is 0 Å². The Hall–Kier alpha value is -3.16. The quantitative estimate of drug-likeness (QED) is 0.888. The van der Waals surface area contributed by atoms with Gasteiger partial charge in [-0.05, 0) is 37.5 Å². The number of carboxylic acids is 1. The molecule has 0 unspecified atom stereocenters. The third-order valence-electron chi connectivity index (χ3n) is 4.83. The molecule has 0 bridgehead atoms. The maximum Gasteiger partial charge on any atom is 0.354 e. The van der Waals surface area contributed by atoms with Gasteiger partial charge in [-0.3, -0.25) is 4.79 Å². The smallest absolute Gasteiger partial charge is 0.354 e. The van der Waals surface area contributed by atoms with E-state index in [4.69, 9.17) is 9.84 Å². The monoisotopic (exact) mass is 368 g/mol. The van der Waals surface area contributed by atoms with E-state index >= 15 is 0 Å². The third-order valence-corrected chi connectivity index (χ3v) is 4.83. The van der Waals surface area contributed by atoms with Crippen LogP contribution in [0.1, 0.15) is 40.1 Å². The number of nitrogens with zero attached hydrogens (tertiary/aromatic N) is 4. The molecule has 1 fully saturated rings. The summed E-state index contributed by atoms with van der Waals surface area (Å²) in [5, 5.41) is 8.99. The van der Waals surface area contributed by atoms with Gasteiger partial charge in [0.2, 0.25) is 0 Å². The van der Waals surface area contributed by atoms with E-state index in [0.29, 0.717) is 30.3 Å². The van der Waals surface area contributed by atoms with Crippen LogP contribution in [-0.4, -0.2) is 58.1 Å². The van der Waals surface area contributed by atoms with Crippen LogP contribution in [0, 0.1) is 0 Å². The zero-order valence-corrected chi connectivity index (χ0v) is 14.8. The lowest BCUT2D eigenvalue weighted by atomic mass is 10.1. The molecule has 0 aliphatic carbocycles. The van der Waals surface area contributed by atoms with Gasteiger partial charge in [0.25, 0.3) is 5.91 Å². The average molecular weight is 368 g/mol. The maximum absolute atomic E-state index is 12.7. The molecule has 8 heteroatoms. The molecular weight excluding hydrogens is 348 g/mol. The van der Waals surface area contributed by atoms with Gasteiger partial charge in [0.05, 0.1) is 24.0 Å². The Kier molecular flexibility index (Phi) is 4.62. The van der Waals surface area contributed by atoms with E-state index in [1.807, 2.05) is 9.80 Å². The first-order valence-corrected chi connectivity index (χ1v) is 9.02. The lowest BCUT2D eigenvalue weighted by Crippen LogP contribution is -2.36. The summed E-state index contributed by atoms with van der Waals surface area (Å²) in [4.78, 5) is 35.9. The zero-order valence-electron chi connectivity index (χ0n) is 14.8. The number of hydrogen-bond acceptors (Lipinski definition) is 6. The number of piperidine rings is 1. The lowest BCUT2D eigenvalue weighted by Gasteiger charge is -2.31. The van der Waals surface area contributed by atoms with Gasteiger partial charge in [0.1, 0.15) is 12.3 Å². The van der Waals surface area contributed by atoms with E-state index in [1.165, 1.54) is 18.7 Å². The number of carbonyl (C=O) groups is 2. The molecule has 27 heavy (non-hydrogen) atoms. The molecule has 140 valence electrons. The second-order valence-corrected chi connectivity index (χ2v) is 6.61. The molecule has 0 aromatic carbocycles. The lowest BCUT2D eigenvalue weighted by molar-refractivity contribution is 0.0688. The van der Waals surface area contributed by atoms with Crippen LogP contribution < -0.4 is 9.64 Å². The molecule has 0 spiro atoms. The highest BCUT2D eigenvalue weighted by Gasteiger charge is 2.25. The van der Waals surface area contributed by atoms with Gasteiger partial charge in [-0.2, -0.15) is 0 Å². The van der Waals surface area contributed by atoms with E-state index in [-0.39, 0.29) is 11.6 Å². The fourth-order valence-electron chi connectivity index (χ4n) is 3.42. The van der Waals surface area contributed by atoms with Crippen LogP contribution in [0.25, 0.3) is 0 Å². The summed E-state index contributed by atoms with van der Waals surface area (Å²) in [6.07, 6.45) is 6.32. The van der Waals surface area contributed by atoms with Gasteiger partial charge in [-0.1, -0.05) is 0 Å². The number of likely N-dealkylation sites (tertiary alicyclic amines) is 1. The Balaban J connectivity index is 1.59. The molecule has 4 heterocycles. The van der Waals surface area contributed by atoms with Crippen molar-refractivity contribution >= 4 is 23.4 Å². The molecule has 0 radical (unpaired) electrons. The molecule has 4 rings (SSSR count). The normalized spacial score (nSPS) is 16.4. The topological polar surface area (TPSA) is 95.9 Å². The van der Waals surface area contributed by atoms with E-state index in [0.717, 1.165) is 31.6 Å². The first-order chi connectivity index (χ1) is 13.1. The van der Waals surface area contributed by atoms with E-state index in [2.05, 4.69) is 9.97 Å². The molecule has 0 saturated carbocycles. The number of carbonyl (C=O) groups excluding carboxylic acids is 1. The second-order valence-electron chi connectivity index (χ2n) is 6.61. The van der Waals surface area contributed by atoms with Crippen molar-refractivity contribution in [2.75, 3.05) is 31.1 Å². The van der Waals surface area contributed by atoms with E-state index in [1.54, 1.807) is 18.3 Å². The highest BCUT2D eigenvalue weighted by atomic mass is 16.5. The third kappa shape index (κ3) is 3.42. The minimum atomic E-state index is -1.07. The fraction of sp³-hybridized carbons (Fsp3) is 0.368. The molecule has 1 N–H and O–H groups in total. The van der Waals surface area contributed by atoms with E-state index in [9.17, 15) is 9.59 Å². The summed E-state index contributed by atoms with van der Waals surface area (Å²) in [6.45, 7) is 2.57. The van der Waals surface area contributed by atoms with Crippen LogP contribution in [0.3, 0.4) is 0 Å². The van der Waals surface area contributed by atoms with Crippen LogP contribution in [-0.2, 0) is 0 Å². The van der Waals surface area contributed by atoms with Crippen molar-refractivity contribution < 1.29 is 19.4 Å². The van der Waals surface area contributed by atoms with Crippen molar-refractivity contribution in [3.8, 4) is 5.75 Å². The average Bonchev–Trinajstić information content (AvgIpc) is 2.73. The van der Waals surface area contributed by atoms with Crippen molar-refractivity contribution in [3.05, 3.63) is 41.9 Å². The minimum Gasteiger partial charge on any atom is -0.488 e. The van der Waals surface area contributed by atoms with Crippen LogP contribution in [0.15, 0.2) is 30.6 Å². The highest BCUT2D eigenvalue weighted by molar-refractivity contribution is 5.95. The summed E-state index contributed by atoms with van der Waals surface area (Å²) in [7, 11) is 0. The molecular formula is C19H20N4O4.